The minimum atomic E-state index is -0.549. The molecule has 4 rings (SSSR count). The van der Waals surface area contributed by atoms with Gasteiger partial charge in [-0.2, -0.15) is 4.98 Å². The maximum Gasteiger partial charge on any atom is 0.441 e. The van der Waals surface area contributed by atoms with E-state index < -0.39 is 5.76 Å². The molecule has 0 N–H and O–H groups in total. The van der Waals surface area contributed by atoms with Gasteiger partial charge in [0.05, 0.1) is 4.88 Å². The zero-order valence-electron chi connectivity index (χ0n) is 12.9. The molecule has 0 aliphatic carbocycles. The molecule has 0 bridgehead atoms. The first-order chi connectivity index (χ1) is 12.3. The Hall–Kier alpha value is -3.14. The smallest absolute Gasteiger partial charge is 0.339 e. The van der Waals surface area contributed by atoms with E-state index >= 15 is 0 Å². The molecule has 4 aromatic rings. The lowest BCUT2D eigenvalue weighted by molar-refractivity contribution is 0.363. The van der Waals surface area contributed by atoms with E-state index in [9.17, 15) is 4.79 Å². The molecule has 25 heavy (non-hydrogen) atoms. The Bertz CT molecular complexity index is 1010. The molecule has 126 valence electrons. The fourth-order valence-corrected chi connectivity index (χ4v) is 2.94. The summed E-state index contributed by atoms with van der Waals surface area (Å²) in [4.78, 5) is 25.3. The molecule has 0 aliphatic rings. The van der Waals surface area contributed by atoms with Crippen LogP contribution >= 0.6 is 11.3 Å². The highest BCUT2D eigenvalue weighted by Crippen LogP contribution is 2.21. The van der Waals surface area contributed by atoms with Crippen molar-refractivity contribution in [3.8, 4) is 22.4 Å². The third kappa shape index (κ3) is 3.24. The molecule has 9 nitrogen and oxygen atoms in total. The minimum absolute atomic E-state index is 0.301. The van der Waals surface area contributed by atoms with Crippen molar-refractivity contribution in [1.82, 2.24) is 29.8 Å². The average molecular weight is 356 g/mol. The van der Waals surface area contributed by atoms with Gasteiger partial charge in [-0.15, -0.1) is 11.3 Å². The maximum atomic E-state index is 11.8. The predicted molar refractivity (Wildman–Crippen MR) is 87.7 cm³/mol. The first kappa shape index (κ1) is 15.4. The third-order valence-corrected chi connectivity index (χ3v) is 4.30. The number of rotatable bonds is 6. The largest absolute Gasteiger partial charge is 0.441 e. The molecule has 4 aromatic heterocycles. The van der Waals surface area contributed by atoms with Gasteiger partial charge in [0.25, 0.3) is 0 Å². The van der Waals surface area contributed by atoms with Crippen molar-refractivity contribution in [3.63, 3.8) is 0 Å². The Balaban J connectivity index is 1.44. The highest BCUT2D eigenvalue weighted by atomic mass is 32.1. The molecule has 4 heterocycles. The first-order valence-corrected chi connectivity index (χ1v) is 8.39. The van der Waals surface area contributed by atoms with E-state index in [2.05, 4.69) is 25.3 Å². The summed E-state index contributed by atoms with van der Waals surface area (Å²) in [6.07, 6.45) is 4.30. The topological polar surface area (TPSA) is 113 Å². The summed E-state index contributed by atoms with van der Waals surface area (Å²) in [6.45, 7) is 0.382. The minimum Gasteiger partial charge on any atom is -0.339 e. The van der Waals surface area contributed by atoms with Crippen LogP contribution in [0.15, 0.2) is 49.8 Å². The molecule has 0 saturated carbocycles. The molecular weight excluding hydrogens is 344 g/mol. The number of aromatic nitrogens is 6. The normalized spacial score (nSPS) is 11.0. The van der Waals surface area contributed by atoms with Crippen LogP contribution in [0.5, 0.6) is 0 Å². The van der Waals surface area contributed by atoms with Gasteiger partial charge in [0.15, 0.2) is 5.82 Å². The fourth-order valence-electron chi connectivity index (χ4n) is 2.29. The van der Waals surface area contributed by atoms with Gasteiger partial charge in [-0.1, -0.05) is 16.4 Å². The van der Waals surface area contributed by atoms with Gasteiger partial charge >= 0.3 is 5.76 Å². The lowest BCUT2D eigenvalue weighted by Crippen LogP contribution is -2.16. The van der Waals surface area contributed by atoms with E-state index in [1.54, 1.807) is 29.8 Å². The van der Waals surface area contributed by atoms with E-state index in [4.69, 9.17) is 9.05 Å². The molecule has 0 atom stereocenters. The number of nitrogens with zero attached hydrogens (tertiary/aromatic N) is 6. The highest BCUT2D eigenvalue weighted by Gasteiger charge is 2.15. The summed E-state index contributed by atoms with van der Waals surface area (Å²) in [5, 5.41) is 9.67. The molecule has 0 radical (unpaired) electrons. The van der Waals surface area contributed by atoms with Crippen molar-refractivity contribution >= 4 is 11.3 Å². The van der Waals surface area contributed by atoms with Crippen LogP contribution in [0.2, 0.25) is 0 Å². The second-order valence-corrected chi connectivity index (χ2v) is 6.04. The summed E-state index contributed by atoms with van der Waals surface area (Å²) in [6, 6.07) is 5.55. The van der Waals surface area contributed by atoms with Gasteiger partial charge in [-0.25, -0.2) is 14.8 Å². The van der Waals surface area contributed by atoms with Gasteiger partial charge < -0.3 is 4.52 Å². The molecular formula is C15H12N6O3S. The zero-order chi connectivity index (χ0) is 17.1. The van der Waals surface area contributed by atoms with Gasteiger partial charge in [0.1, 0.15) is 0 Å². The van der Waals surface area contributed by atoms with E-state index in [1.165, 1.54) is 4.57 Å². The Labute approximate surface area is 145 Å². The van der Waals surface area contributed by atoms with E-state index in [-0.39, 0.29) is 0 Å². The highest BCUT2D eigenvalue weighted by molar-refractivity contribution is 7.13. The van der Waals surface area contributed by atoms with Gasteiger partial charge in [-0.3, -0.25) is 9.09 Å². The Morgan fingerprint density at radius 2 is 1.96 bits per heavy atom. The van der Waals surface area contributed by atoms with Crippen LogP contribution < -0.4 is 5.76 Å². The monoisotopic (exact) mass is 356 g/mol. The van der Waals surface area contributed by atoms with Crippen LogP contribution in [0, 0.1) is 0 Å². The molecule has 0 unspecified atom stereocenters. The van der Waals surface area contributed by atoms with Crippen LogP contribution in [0.4, 0.5) is 0 Å². The van der Waals surface area contributed by atoms with E-state index in [0.717, 1.165) is 4.88 Å². The number of aryl methyl sites for hydroxylation is 1. The summed E-state index contributed by atoms with van der Waals surface area (Å²) < 4.78 is 11.4. The zero-order valence-corrected chi connectivity index (χ0v) is 13.7. The second-order valence-electron chi connectivity index (χ2n) is 5.09. The maximum absolute atomic E-state index is 11.8. The van der Waals surface area contributed by atoms with Crippen LogP contribution in [-0.4, -0.2) is 29.8 Å². The molecule has 0 aromatic carbocycles. The second kappa shape index (κ2) is 6.77. The molecule has 10 heteroatoms. The van der Waals surface area contributed by atoms with Gasteiger partial charge in [0.2, 0.25) is 17.5 Å². The molecule has 0 amide bonds. The lowest BCUT2D eigenvalue weighted by atomic mass is 10.3. The predicted octanol–water partition coefficient (Wildman–Crippen LogP) is 2.04. The third-order valence-electron chi connectivity index (χ3n) is 3.43. The number of hydrogen-bond donors (Lipinski definition) is 0. The Kier molecular flexibility index (Phi) is 4.17. The summed E-state index contributed by atoms with van der Waals surface area (Å²) in [5.41, 5.74) is 0. The van der Waals surface area contributed by atoms with Crippen molar-refractivity contribution in [2.24, 2.45) is 0 Å². The van der Waals surface area contributed by atoms with Crippen LogP contribution in [0.25, 0.3) is 22.4 Å². The van der Waals surface area contributed by atoms with Crippen molar-refractivity contribution in [2.45, 2.75) is 19.4 Å². The molecule has 0 saturated heterocycles. The molecule has 0 fully saturated rings. The summed E-state index contributed by atoms with van der Waals surface area (Å²) in [7, 11) is 0. The van der Waals surface area contributed by atoms with Crippen LogP contribution in [0.3, 0.4) is 0 Å². The number of hydrogen-bond acceptors (Lipinski definition) is 9. The van der Waals surface area contributed by atoms with Crippen molar-refractivity contribution < 1.29 is 9.05 Å². The van der Waals surface area contributed by atoms with Crippen molar-refractivity contribution in [3.05, 3.63) is 52.4 Å². The SMILES string of the molecule is O=c1onc(-c2ncccn2)n1CCCc1nc(-c2cccs2)no1. The van der Waals surface area contributed by atoms with E-state index in [0.29, 0.717) is 42.8 Å². The summed E-state index contributed by atoms with van der Waals surface area (Å²) in [5.74, 6) is 1.18. The van der Waals surface area contributed by atoms with E-state index in [1.807, 2.05) is 17.5 Å². The Morgan fingerprint density at radius 1 is 1.08 bits per heavy atom. The first-order valence-electron chi connectivity index (χ1n) is 7.51. The van der Waals surface area contributed by atoms with Gasteiger partial charge in [-0.05, 0) is 23.9 Å². The van der Waals surface area contributed by atoms with Crippen molar-refractivity contribution in [2.75, 3.05) is 0 Å². The van der Waals surface area contributed by atoms with Gasteiger partial charge in [0, 0.05) is 25.4 Å². The van der Waals surface area contributed by atoms with Crippen LogP contribution in [-0.2, 0) is 13.0 Å². The fraction of sp³-hybridized carbons (Fsp3) is 0.200. The molecule has 0 spiro atoms. The number of thiophene rings is 1. The van der Waals surface area contributed by atoms with Crippen molar-refractivity contribution in [1.29, 1.82) is 0 Å². The standard InChI is InChI=1S/C15H12N6O3S/c22-15-21(14(20-24-15)13-16-6-3-7-17-13)8-1-5-11-18-12(19-23-11)10-4-2-9-25-10/h2-4,6-7,9H,1,5,8H2. The average Bonchev–Trinajstić information content (AvgIpc) is 3.37. The Morgan fingerprint density at radius 3 is 2.76 bits per heavy atom. The molecule has 0 aliphatic heterocycles. The van der Waals surface area contributed by atoms with Crippen LogP contribution in [0.1, 0.15) is 12.3 Å². The summed E-state index contributed by atoms with van der Waals surface area (Å²) >= 11 is 1.55. The quantitative estimate of drug-likeness (QED) is 0.516. The lowest BCUT2D eigenvalue weighted by Gasteiger charge is -2.01.